The average Bonchev–Trinajstić information content (AvgIpc) is 2.75. The molecule has 0 aromatic carbocycles. The van der Waals surface area contributed by atoms with Crippen molar-refractivity contribution in [2.45, 2.75) is 12.3 Å². The highest BCUT2D eigenvalue weighted by Crippen LogP contribution is 2.17. The van der Waals surface area contributed by atoms with Crippen LogP contribution in [-0.4, -0.2) is 47.3 Å². The summed E-state index contributed by atoms with van der Waals surface area (Å²) in [5.41, 5.74) is 1.99. The Hall–Kier alpha value is -1.33. The SMILES string of the molecule is COCC(Cl)CN(C)c1cc(C)cc2ncnn12. The van der Waals surface area contributed by atoms with Crippen LogP contribution in [0.5, 0.6) is 0 Å². The number of rotatable bonds is 5. The van der Waals surface area contributed by atoms with Gasteiger partial charge in [0.1, 0.15) is 12.1 Å². The number of hydrogen-bond acceptors (Lipinski definition) is 4. The van der Waals surface area contributed by atoms with E-state index in [0.29, 0.717) is 13.2 Å². The van der Waals surface area contributed by atoms with E-state index in [1.807, 2.05) is 24.6 Å². The molecule has 2 heterocycles. The molecule has 2 rings (SSSR count). The molecular formula is C12H17ClN4O. The molecule has 2 aromatic rings. The van der Waals surface area contributed by atoms with E-state index in [9.17, 15) is 0 Å². The van der Waals surface area contributed by atoms with E-state index in [4.69, 9.17) is 16.3 Å². The molecule has 0 amide bonds. The first kappa shape index (κ1) is 13.1. The van der Waals surface area contributed by atoms with Crippen molar-refractivity contribution in [2.24, 2.45) is 0 Å². The Morgan fingerprint density at radius 1 is 1.50 bits per heavy atom. The molecule has 0 saturated heterocycles. The van der Waals surface area contributed by atoms with Crippen molar-refractivity contribution >= 4 is 23.1 Å². The van der Waals surface area contributed by atoms with Gasteiger partial charge in [-0.1, -0.05) is 0 Å². The van der Waals surface area contributed by atoms with Crippen LogP contribution < -0.4 is 4.90 Å². The summed E-state index contributed by atoms with van der Waals surface area (Å²) in [5.74, 6) is 0.976. The van der Waals surface area contributed by atoms with Gasteiger partial charge in [0.25, 0.3) is 0 Å². The molecule has 5 nitrogen and oxygen atoms in total. The van der Waals surface area contributed by atoms with Crippen LogP contribution in [0, 0.1) is 6.92 Å². The molecule has 0 fully saturated rings. The highest BCUT2D eigenvalue weighted by molar-refractivity contribution is 6.21. The Morgan fingerprint density at radius 3 is 3.00 bits per heavy atom. The summed E-state index contributed by atoms with van der Waals surface area (Å²) in [5, 5.41) is 4.17. The van der Waals surface area contributed by atoms with Crippen LogP contribution in [0.4, 0.5) is 5.82 Å². The zero-order valence-corrected chi connectivity index (χ0v) is 11.6. The van der Waals surface area contributed by atoms with Crippen molar-refractivity contribution in [1.82, 2.24) is 14.6 Å². The molecule has 0 aliphatic carbocycles. The number of anilines is 1. The molecule has 1 atom stereocenters. The summed E-state index contributed by atoms with van der Waals surface area (Å²) in [6.45, 7) is 3.26. The van der Waals surface area contributed by atoms with E-state index in [1.165, 1.54) is 0 Å². The highest BCUT2D eigenvalue weighted by atomic mass is 35.5. The van der Waals surface area contributed by atoms with Gasteiger partial charge in [-0.25, -0.2) is 4.98 Å². The highest BCUT2D eigenvalue weighted by Gasteiger charge is 2.13. The summed E-state index contributed by atoms with van der Waals surface area (Å²) in [4.78, 5) is 6.27. The molecule has 0 spiro atoms. The number of alkyl halides is 1. The molecule has 18 heavy (non-hydrogen) atoms. The second-order valence-corrected chi connectivity index (χ2v) is 4.97. The van der Waals surface area contributed by atoms with E-state index in [-0.39, 0.29) is 5.38 Å². The second kappa shape index (κ2) is 5.54. The van der Waals surface area contributed by atoms with Crippen molar-refractivity contribution in [2.75, 3.05) is 32.2 Å². The van der Waals surface area contributed by atoms with E-state index >= 15 is 0 Å². The predicted octanol–water partition coefficient (Wildman–Crippen LogP) is 1.73. The number of nitrogens with zero attached hydrogens (tertiary/aromatic N) is 4. The second-order valence-electron chi connectivity index (χ2n) is 4.35. The molecule has 0 aliphatic heterocycles. The van der Waals surface area contributed by atoms with E-state index in [0.717, 1.165) is 17.0 Å². The van der Waals surface area contributed by atoms with E-state index in [2.05, 4.69) is 21.0 Å². The minimum absolute atomic E-state index is 0.0564. The number of aromatic nitrogens is 3. The molecule has 2 aromatic heterocycles. The molecule has 1 unspecified atom stereocenters. The number of aryl methyl sites for hydroxylation is 1. The van der Waals surface area contributed by atoms with Crippen LogP contribution >= 0.6 is 11.6 Å². The number of methoxy groups -OCH3 is 1. The first-order valence-electron chi connectivity index (χ1n) is 5.76. The number of halogens is 1. The number of pyridine rings is 1. The van der Waals surface area contributed by atoms with Crippen LogP contribution in [0.3, 0.4) is 0 Å². The molecule has 0 bridgehead atoms. The van der Waals surface area contributed by atoms with Gasteiger partial charge >= 0.3 is 0 Å². The van der Waals surface area contributed by atoms with Crippen molar-refractivity contribution in [1.29, 1.82) is 0 Å². The van der Waals surface area contributed by atoms with Crippen molar-refractivity contribution in [3.8, 4) is 0 Å². The van der Waals surface area contributed by atoms with Gasteiger partial charge in [-0.3, -0.25) is 0 Å². The molecule has 0 N–H and O–H groups in total. The lowest BCUT2D eigenvalue weighted by Crippen LogP contribution is -2.30. The fourth-order valence-electron chi connectivity index (χ4n) is 1.93. The topological polar surface area (TPSA) is 42.7 Å². The summed E-state index contributed by atoms with van der Waals surface area (Å²) >= 11 is 6.18. The molecule has 6 heteroatoms. The van der Waals surface area contributed by atoms with Crippen molar-refractivity contribution in [3.05, 3.63) is 24.0 Å². The quantitative estimate of drug-likeness (QED) is 0.775. The van der Waals surface area contributed by atoms with E-state index < -0.39 is 0 Å². The third kappa shape index (κ3) is 2.73. The van der Waals surface area contributed by atoms with Crippen LogP contribution in [0.25, 0.3) is 5.65 Å². The van der Waals surface area contributed by atoms with E-state index in [1.54, 1.807) is 13.4 Å². The molecular weight excluding hydrogens is 252 g/mol. The van der Waals surface area contributed by atoms with Crippen LogP contribution in [0.15, 0.2) is 18.5 Å². The zero-order chi connectivity index (χ0) is 13.1. The van der Waals surface area contributed by atoms with Gasteiger partial charge in [0, 0.05) is 20.7 Å². The lowest BCUT2D eigenvalue weighted by molar-refractivity contribution is 0.199. The third-order valence-corrected chi connectivity index (χ3v) is 2.98. The fraction of sp³-hybridized carbons (Fsp3) is 0.500. The van der Waals surface area contributed by atoms with Gasteiger partial charge in [0.05, 0.1) is 12.0 Å². The van der Waals surface area contributed by atoms with Gasteiger partial charge in [0.2, 0.25) is 0 Å². The number of hydrogen-bond donors (Lipinski definition) is 0. The standard InChI is InChI=1S/C12H17ClN4O/c1-9-4-11-14-8-15-17(11)12(5-9)16(2)6-10(13)7-18-3/h4-5,8,10H,6-7H2,1-3H3. The lowest BCUT2D eigenvalue weighted by atomic mass is 10.2. The first-order valence-corrected chi connectivity index (χ1v) is 6.20. The van der Waals surface area contributed by atoms with Gasteiger partial charge in [-0.05, 0) is 24.6 Å². The largest absolute Gasteiger partial charge is 0.383 e. The summed E-state index contributed by atoms with van der Waals surface area (Å²) in [6.07, 6.45) is 1.56. The van der Waals surface area contributed by atoms with Crippen molar-refractivity contribution < 1.29 is 4.74 Å². The Bertz CT molecular complexity index is 528. The van der Waals surface area contributed by atoms with Gasteiger partial charge in [-0.15, -0.1) is 11.6 Å². The molecule has 98 valence electrons. The van der Waals surface area contributed by atoms with Gasteiger partial charge in [0.15, 0.2) is 5.65 Å². The normalized spacial score (nSPS) is 12.9. The van der Waals surface area contributed by atoms with Crippen LogP contribution in [0.2, 0.25) is 0 Å². The monoisotopic (exact) mass is 268 g/mol. The zero-order valence-electron chi connectivity index (χ0n) is 10.8. The summed E-state index contributed by atoms with van der Waals surface area (Å²) in [6, 6.07) is 4.07. The van der Waals surface area contributed by atoms with Crippen molar-refractivity contribution in [3.63, 3.8) is 0 Å². The predicted molar refractivity (Wildman–Crippen MR) is 72.5 cm³/mol. The van der Waals surface area contributed by atoms with Gasteiger partial charge < -0.3 is 9.64 Å². The minimum atomic E-state index is -0.0564. The molecule has 0 radical (unpaired) electrons. The lowest BCUT2D eigenvalue weighted by Gasteiger charge is -2.22. The first-order chi connectivity index (χ1) is 8.61. The maximum Gasteiger partial charge on any atom is 0.157 e. The Labute approximate surface area is 111 Å². The minimum Gasteiger partial charge on any atom is -0.383 e. The van der Waals surface area contributed by atoms with Crippen LogP contribution in [0.1, 0.15) is 5.56 Å². The Balaban J connectivity index is 2.26. The Morgan fingerprint density at radius 2 is 2.28 bits per heavy atom. The molecule has 0 saturated carbocycles. The maximum atomic E-state index is 6.18. The third-order valence-electron chi connectivity index (χ3n) is 2.72. The average molecular weight is 269 g/mol. The maximum absolute atomic E-state index is 6.18. The Kier molecular flexibility index (Phi) is 4.04. The smallest absolute Gasteiger partial charge is 0.157 e. The summed E-state index contributed by atoms with van der Waals surface area (Å²) in [7, 11) is 3.64. The molecule has 0 aliphatic rings. The number of fused-ring (bicyclic) bond motifs is 1. The fourth-order valence-corrected chi connectivity index (χ4v) is 2.26. The summed E-state index contributed by atoms with van der Waals surface area (Å²) < 4.78 is 6.85. The van der Waals surface area contributed by atoms with Crippen LogP contribution in [-0.2, 0) is 4.74 Å². The van der Waals surface area contributed by atoms with Gasteiger partial charge in [-0.2, -0.15) is 9.61 Å². The number of ether oxygens (including phenoxy) is 1.